The molecule has 0 saturated carbocycles. The molecule has 1 aromatic heterocycles. The Morgan fingerprint density at radius 2 is 1.78 bits per heavy atom. The number of carbonyl (C=O) groups excluding carboxylic acids is 1. The van der Waals surface area contributed by atoms with E-state index in [-0.39, 0.29) is 11.2 Å². The van der Waals surface area contributed by atoms with E-state index in [1.54, 1.807) is 4.68 Å². The molecule has 0 bridgehead atoms. The van der Waals surface area contributed by atoms with Gasteiger partial charge < -0.3 is 5.32 Å². The molecule has 0 spiro atoms. The SMILES string of the molecule is Cc1ccccc1NC(=O)C(C)Sc1nnnn1-c1ccc(C(C)C)cc1. The molecule has 1 heterocycles. The van der Waals surface area contributed by atoms with Crippen LogP contribution >= 0.6 is 11.8 Å². The molecule has 1 amide bonds. The highest BCUT2D eigenvalue weighted by Gasteiger charge is 2.20. The second kappa shape index (κ2) is 8.35. The van der Waals surface area contributed by atoms with Crippen molar-refractivity contribution in [3.8, 4) is 5.69 Å². The number of tetrazole rings is 1. The first-order chi connectivity index (χ1) is 13.0. The number of anilines is 1. The van der Waals surface area contributed by atoms with Gasteiger partial charge in [0.1, 0.15) is 0 Å². The third kappa shape index (κ3) is 4.54. The molecule has 6 nitrogen and oxygen atoms in total. The van der Waals surface area contributed by atoms with Crippen LogP contribution in [-0.4, -0.2) is 31.4 Å². The van der Waals surface area contributed by atoms with Crippen LogP contribution in [0.15, 0.2) is 53.7 Å². The average Bonchev–Trinajstić information content (AvgIpc) is 3.11. The maximum atomic E-state index is 12.5. The van der Waals surface area contributed by atoms with E-state index in [1.165, 1.54) is 17.3 Å². The lowest BCUT2D eigenvalue weighted by Gasteiger charge is -2.13. The molecule has 27 heavy (non-hydrogen) atoms. The minimum Gasteiger partial charge on any atom is -0.325 e. The zero-order valence-corrected chi connectivity index (χ0v) is 16.7. The molecule has 0 aliphatic heterocycles. The summed E-state index contributed by atoms with van der Waals surface area (Å²) in [6, 6.07) is 15.8. The highest BCUT2D eigenvalue weighted by molar-refractivity contribution is 8.00. The highest BCUT2D eigenvalue weighted by atomic mass is 32.2. The van der Waals surface area contributed by atoms with Crippen LogP contribution in [-0.2, 0) is 4.79 Å². The van der Waals surface area contributed by atoms with Crippen LogP contribution in [0.4, 0.5) is 5.69 Å². The molecule has 1 atom stereocenters. The van der Waals surface area contributed by atoms with E-state index in [0.717, 1.165) is 16.9 Å². The van der Waals surface area contributed by atoms with Crippen molar-refractivity contribution in [3.63, 3.8) is 0 Å². The molecule has 0 aliphatic carbocycles. The first-order valence-corrected chi connectivity index (χ1v) is 9.75. The number of nitrogens with one attached hydrogen (secondary N) is 1. The molecule has 1 N–H and O–H groups in total. The number of thioether (sulfide) groups is 1. The van der Waals surface area contributed by atoms with Crippen LogP contribution in [0.5, 0.6) is 0 Å². The van der Waals surface area contributed by atoms with Gasteiger partial charge in [0.25, 0.3) is 0 Å². The number of benzene rings is 2. The molecule has 0 radical (unpaired) electrons. The predicted molar refractivity (Wildman–Crippen MR) is 108 cm³/mol. The quantitative estimate of drug-likeness (QED) is 0.648. The van der Waals surface area contributed by atoms with Gasteiger partial charge in [-0.15, -0.1) is 5.10 Å². The number of hydrogen-bond donors (Lipinski definition) is 1. The van der Waals surface area contributed by atoms with Gasteiger partial charge >= 0.3 is 0 Å². The van der Waals surface area contributed by atoms with Gasteiger partial charge in [0.15, 0.2) is 0 Å². The lowest BCUT2D eigenvalue weighted by molar-refractivity contribution is -0.115. The van der Waals surface area contributed by atoms with Crippen LogP contribution in [0.3, 0.4) is 0 Å². The zero-order valence-electron chi connectivity index (χ0n) is 15.9. The van der Waals surface area contributed by atoms with E-state index in [0.29, 0.717) is 11.1 Å². The third-order valence-corrected chi connectivity index (χ3v) is 5.33. The Balaban J connectivity index is 1.72. The first kappa shape index (κ1) is 19.1. The Kier molecular flexibility index (Phi) is 5.91. The number of carbonyl (C=O) groups is 1. The number of hydrogen-bond acceptors (Lipinski definition) is 5. The molecular weight excluding hydrogens is 358 g/mol. The molecular formula is C20H23N5OS. The molecule has 0 saturated heterocycles. The summed E-state index contributed by atoms with van der Waals surface area (Å²) in [6.45, 7) is 8.12. The van der Waals surface area contributed by atoms with Crippen LogP contribution in [0, 0.1) is 6.92 Å². The van der Waals surface area contributed by atoms with E-state index in [2.05, 4.69) is 46.8 Å². The van der Waals surface area contributed by atoms with Crippen molar-refractivity contribution in [2.75, 3.05) is 5.32 Å². The fraction of sp³-hybridized carbons (Fsp3) is 0.300. The van der Waals surface area contributed by atoms with Gasteiger partial charge in [0.05, 0.1) is 10.9 Å². The van der Waals surface area contributed by atoms with E-state index >= 15 is 0 Å². The molecule has 1 unspecified atom stereocenters. The average molecular weight is 382 g/mol. The summed E-state index contributed by atoms with van der Waals surface area (Å²) < 4.78 is 1.66. The minimum absolute atomic E-state index is 0.0843. The lowest BCUT2D eigenvalue weighted by Crippen LogP contribution is -2.23. The van der Waals surface area contributed by atoms with Gasteiger partial charge in [-0.2, -0.15) is 4.68 Å². The van der Waals surface area contributed by atoms with E-state index in [9.17, 15) is 4.79 Å². The molecule has 0 fully saturated rings. The third-order valence-electron chi connectivity index (χ3n) is 4.30. The fourth-order valence-electron chi connectivity index (χ4n) is 2.57. The Labute approximate surface area is 163 Å². The van der Waals surface area contributed by atoms with E-state index in [1.807, 2.05) is 50.2 Å². The summed E-state index contributed by atoms with van der Waals surface area (Å²) in [7, 11) is 0. The maximum Gasteiger partial charge on any atom is 0.237 e. The fourth-order valence-corrected chi connectivity index (χ4v) is 3.38. The minimum atomic E-state index is -0.343. The Hall–Kier alpha value is -2.67. The summed E-state index contributed by atoms with van der Waals surface area (Å²) in [4.78, 5) is 12.5. The lowest BCUT2D eigenvalue weighted by atomic mass is 10.0. The number of aryl methyl sites for hydroxylation is 1. The van der Waals surface area contributed by atoms with Crippen molar-refractivity contribution in [1.29, 1.82) is 0 Å². The summed E-state index contributed by atoms with van der Waals surface area (Å²) >= 11 is 1.33. The number of rotatable bonds is 6. The second-order valence-electron chi connectivity index (χ2n) is 6.68. The van der Waals surface area contributed by atoms with Crippen molar-refractivity contribution < 1.29 is 4.79 Å². The monoisotopic (exact) mass is 381 g/mol. The largest absolute Gasteiger partial charge is 0.325 e. The second-order valence-corrected chi connectivity index (χ2v) is 7.99. The Morgan fingerprint density at radius 3 is 2.44 bits per heavy atom. The van der Waals surface area contributed by atoms with Gasteiger partial charge in [-0.25, -0.2) is 0 Å². The van der Waals surface area contributed by atoms with Crippen molar-refractivity contribution in [2.45, 2.75) is 44.0 Å². The Morgan fingerprint density at radius 1 is 1.07 bits per heavy atom. The Bertz CT molecular complexity index is 920. The molecule has 0 aliphatic rings. The van der Waals surface area contributed by atoms with Gasteiger partial charge in [-0.1, -0.05) is 55.9 Å². The maximum absolute atomic E-state index is 12.5. The van der Waals surface area contributed by atoms with Crippen LogP contribution in [0.25, 0.3) is 5.69 Å². The zero-order chi connectivity index (χ0) is 19.4. The van der Waals surface area contributed by atoms with Crippen LogP contribution in [0.2, 0.25) is 0 Å². The number of amides is 1. The number of aromatic nitrogens is 4. The smallest absolute Gasteiger partial charge is 0.237 e. The molecule has 140 valence electrons. The van der Waals surface area contributed by atoms with Crippen LogP contribution in [0.1, 0.15) is 37.8 Å². The van der Waals surface area contributed by atoms with Gasteiger partial charge in [-0.3, -0.25) is 4.79 Å². The van der Waals surface area contributed by atoms with Crippen molar-refractivity contribution in [3.05, 3.63) is 59.7 Å². The summed E-state index contributed by atoms with van der Waals surface area (Å²) in [5.74, 6) is 0.380. The van der Waals surface area contributed by atoms with Gasteiger partial charge in [0, 0.05) is 5.69 Å². The predicted octanol–water partition coefficient (Wildman–Crippen LogP) is 4.21. The molecule has 2 aromatic carbocycles. The van der Waals surface area contributed by atoms with Crippen molar-refractivity contribution in [2.24, 2.45) is 0 Å². The summed E-state index contributed by atoms with van der Waals surface area (Å²) in [5.41, 5.74) is 3.97. The van der Waals surface area contributed by atoms with E-state index < -0.39 is 0 Å². The number of nitrogens with zero attached hydrogens (tertiary/aromatic N) is 4. The van der Waals surface area contributed by atoms with Crippen LogP contribution < -0.4 is 5.32 Å². The standard InChI is InChI=1S/C20H23N5OS/c1-13(2)16-9-11-17(12-10-16)25-20(22-23-24-25)27-15(4)19(26)21-18-8-6-5-7-14(18)3/h5-13,15H,1-4H3,(H,21,26). The van der Waals surface area contributed by atoms with Gasteiger partial charge in [-0.05, 0) is 59.5 Å². The first-order valence-electron chi connectivity index (χ1n) is 8.87. The molecule has 3 rings (SSSR count). The number of para-hydroxylation sites is 1. The topological polar surface area (TPSA) is 72.7 Å². The normalized spacial score (nSPS) is 12.2. The van der Waals surface area contributed by atoms with Crippen molar-refractivity contribution >= 4 is 23.4 Å². The molecule has 3 aromatic rings. The van der Waals surface area contributed by atoms with E-state index in [4.69, 9.17) is 0 Å². The summed E-state index contributed by atoms with van der Waals surface area (Å²) in [5, 5.41) is 15.1. The van der Waals surface area contributed by atoms with Crippen molar-refractivity contribution in [1.82, 2.24) is 20.2 Å². The summed E-state index contributed by atoms with van der Waals surface area (Å²) in [6.07, 6.45) is 0. The van der Waals surface area contributed by atoms with Gasteiger partial charge in [0.2, 0.25) is 11.1 Å². The highest BCUT2D eigenvalue weighted by Crippen LogP contribution is 2.25. The molecule has 7 heteroatoms.